The summed E-state index contributed by atoms with van der Waals surface area (Å²) in [4.78, 5) is 8.36. The largest absolute Gasteiger partial charge is 2.00 e. The number of hydrogen-bond donors (Lipinski definition) is 1. The van der Waals surface area contributed by atoms with Crippen molar-refractivity contribution in [1.82, 2.24) is 0 Å². The summed E-state index contributed by atoms with van der Waals surface area (Å²) in [6.45, 7) is 0. The van der Waals surface area contributed by atoms with Gasteiger partial charge in [0.2, 0.25) is 0 Å². The summed E-state index contributed by atoms with van der Waals surface area (Å²) < 4.78 is 0. The van der Waals surface area contributed by atoms with E-state index in [1.165, 1.54) is 0 Å². The molecule has 5 heavy (non-hydrogen) atoms. The minimum Gasteiger partial charge on any atom is -1.00 e. The van der Waals surface area contributed by atoms with Gasteiger partial charge < -0.3 is 8.06 Å². The molecule has 0 saturated carbocycles. The quantitative estimate of drug-likeness (QED) is 0.239. The summed E-state index contributed by atoms with van der Waals surface area (Å²) >= 11 is 0. The van der Waals surface area contributed by atoms with Crippen molar-refractivity contribution < 1.29 is 13.1 Å². The van der Waals surface area contributed by atoms with E-state index in [4.69, 9.17) is 15.3 Å². The van der Waals surface area contributed by atoms with Crippen LogP contribution >= 0.6 is 0 Å². The van der Waals surface area contributed by atoms with E-state index in [1.807, 2.05) is 0 Å². The molecular formula is H3BeNO3. The Kier molecular flexibility index (Phi) is 5.95. The van der Waals surface area contributed by atoms with E-state index >= 15 is 0 Å². The predicted molar refractivity (Wildman–Crippen MR) is 16.8 cm³/mol. The van der Waals surface area contributed by atoms with Crippen molar-refractivity contribution in [3.8, 4) is 0 Å². The van der Waals surface area contributed by atoms with Crippen molar-refractivity contribution in [2.45, 2.75) is 0 Å². The van der Waals surface area contributed by atoms with Crippen molar-refractivity contribution >= 4 is 10.1 Å². The van der Waals surface area contributed by atoms with Crippen molar-refractivity contribution in [3.05, 3.63) is 10.1 Å². The standard InChI is InChI=1S/Be.HNO3.2H/c;2-1(3)4;;/h;(H,2,3,4);;/q+2;;2*-1. The van der Waals surface area contributed by atoms with E-state index in [2.05, 4.69) is 0 Å². The summed E-state index contributed by atoms with van der Waals surface area (Å²) in [7, 11) is 0. The second kappa shape index (κ2) is 3.37. The van der Waals surface area contributed by atoms with Crippen LogP contribution in [0, 0.1) is 10.1 Å². The van der Waals surface area contributed by atoms with Crippen molar-refractivity contribution in [1.29, 1.82) is 0 Å². The van der Waals surface area contributed by atoms with Gasteiger partial charge in [0, 0.05) is 0 Å². The molecule has 5 heteroatoms. The summed E-state index contributed by atoms with van der Waals surface area (Å²) in [5.74, 6) is 0. The van der Waals surface area contributed by atoms with Gasteiger partial charge in [0.15, 0.2) is 0 Å². The molecule has 0 bridgehead atoms. The van der Waals surface area contributed by atoms with E-state index in [0.29, 0.717) is 0 Å². The van der Waals surface area contributed by atoms with Crippen LogP contribution in [-0.2, 0) is 0 Å². The molecule has 28 valence electrons. The minimum absolute atomic E-state index is 0. The molecular weight excluding hydrogens is 71.0 g/mol. The third-order valence-electron chi connectivity index (χ3n) is 0. The fourth-order valence-electron chi connectivity index (χ4n) is 0. The first-order valence-corrected chi connectivity index (χ1v) is 0.565. The first-order chi connectivity index (χ1) is 1.73. The monoisotopic (exact) mass is 74.0 g/mol. The Morgan fingerprint density at radius 2 is 2.00 bits per heavy atom. The molecule has 0 heterocycles. The van der Waals surface area contributed by atoms with Crippen molar-refractivity contribution in [2.24, 2.45) is 0 Å². The molecule has 0 aliphatic carbocycles. The topological polar surface area (TPSA) is 63.4 Å². The molecule has 0 atom stereocenters. The van der Waals surface area contributed by atoms with E-state index in [-0.39, 0.29) is 13.0 Å². The Balaban J connectivity index is -0.0000000150. The van der Waals surface area contributed by atoms with Gasteiger partial charge in [0.05, 0.1) is 0 Å². The van der Waals surface area contributed by atoms with E-state index in [9.17, 15) is 0 Å². The SMILES string of the molecule is O=[N+]([O-])O.[Be+2].[H-].[H-]. The van der Waals surface area contributed by atoms with E-state index < -0.39 is 5.09 Å². The molecule has 1 N–H and O–H groups in total. The van der Waals surface area contributed by atoms with Crippen LogP contribution in [-0.4, -0.2) is 20.4 Å². The van der Waals surface area contributed by atoms with Crippen LogP contribution in [0.4, 0.5) is 0 Å². The average molecular weight is 74.0 g/mol. The maximum Gasteiger partial charge on any atom is 2.00 e. The third kappa shape index (κ3) is 15.8. The molecule has 0 spiro atoms. The van der Waals surface area contributed by atoms with Gasteiger partial charge in [0.25, 0.3) is 5.09 Å². The van der Waals surface area contributed by atoms with Crippen LogP contribution in [0.1, 0.15) is 2.85 Å². The van der Waals surface area contributed by atoms with E-state index in [1.54, 1.807) is 0 Å². The Hall–Kier alpha value is -0.631. The van der Waals surface area contributed by atoms with Gasteiger partial charge >= 0.3 is 10.1 Å². The van der Waals surface area contributed by atoms with Gasteiger partial charge in [-0.05, 0) is 0 Å². The van der Waals surface area contributed by atoms with Gasteiger partial charge in [-0.2, -0.15) is 0 Å². The molecule has 0 aliphatic heterocycles. The summed E-state index contributed by atoms with van der Waals surface area (Å²) in [6.07, 6.45) is 0. The molecule has 0 aromatic heterocycles. The van der Waals surface area contributed by atoms with Gasteiger partial charge in [0.1, 0.15) is 0 Å². The molecule has 4 nitrogen and oxygen atoms in total. The molecule has 0 aliphatic rings. The summed E-state index contributed by atoms with van der Waals surface area (Å²) in [5, 5.41) is 13.6. The zero-order valence-corrected chi connectivity index (χ0v) is 2.42. The maximum atomic E-state index is 8.36. The smallest absolute Gasteiger partial charge is 1.00 e. The Labute approximate surface area is 34.7 Å². The summed E-state index contributed by atoms with van der Waals surface area (Å²) in [6, 6.07) is 0. The van der Waals surface area contributed by atoms with Crippen molar-refractivity contribution in [3.63, 3.8) is 0 Å². The number of hydrogen-bond acceptors (Lipinski definition) is 2. The van der Waals surface area contributed by atoms with Crippen LogP contribution < -0.4 is 0 Å². The number of nitrogens with zero attached hydrogens (tertiary/aromatic N) is 1. The van der Waals surface area contributed by atoms with Crippen LogP contribution in [0.25, 0.3) is 0 Å². The van der Waals surface area contributed by atoms with Gasteiger partial charge in [-0.3, -0.25) is 0 Å². The second-order valence-corrected chi connectivity index (χ2v) is 0.238. The molecule has 0 aromatic rings. The van der Waals surface area contributed by atoms with Crippen LogP contribution in [0.15, 0.2) is 0 Å². The zero-order chi connectivity index (χ0) is 3.58. The first-order valence-electron chi connectivity index (χ1n) is 0.565. The molecule has 0 fully saturated rings. The van der Waals surface area contributed by atoms with Gasteiger partial charge in [-0.1, -0.05) is 0 Å². The average Bonchev–Trinajstić information content (AvgIpc) is 0.811. The van der Waals surface area contributed by atoms with Crippen molar-refractivity contribution in [2.75, 3.05) is 0 Å². The molecule has 0 saturated heterocycles. The fraction of sp³-hybridized carbons (Fsp3) is 0. The Morgan fingerprint density at radius 3 is 2.00 bits per heavy atom. The molecule has 0 amide bonds. The van der Waals surface area contributed by atoms with Crippen LogP contribution in [0.2, 0.25) is 0 Å². The first kappa shape index (κ1) is 8.84. The van der Waals surface area contributed by atoms with Crippen LogP contribution in [0.5, 0.6) is 0 Å². The second-order valence-electron chi connectivity index (χ2n) is 0.238. The van der Waals surface area contributed by atoms with Crippen LogP contribution in [0.3, 0.4) is 0 Å². The Bertz CT molecular complexity index is 35.9. The fourth-order valence-corrected chi connectivity index (χ4v) is 0. The minimum atomic E-state index is -1.50. The molecule has 0 radical (unpaired) electrons. The van der Waals surface area contributed by atoms with E-state index in [0.717, 1.165) is 0 Å². The third-order valence-corrected chi connectivity index (χ3v) is 0. The van der Waals surface area contributed by atoms with Gasteiger partial charge in [-0.25, -0.2) is 0 Å². The maximum absolute atomic E-state index is 8.36. The zero-order valence-electron chi connectivity index (χ0n) is 4.42. The van der Waals surface area contributed by atoms with Gasteiger partial charge in [-0.15, -0.1) is 10.1 Å². The molecule has 0 unspecified atom stereocenters. The molecule has 0 aromatic carbocycles. The summed E-state index contributed by atoms with van der Waals surface area (Å²) in [5.41, 5.74) is 0. The predicted octanol–water partition coefficient (Wildman–Crippen LogP) is -0.504. The number of rotatable bonds is 0. The normalized spacial score (nSPS) is 4.80. The Morgan fingerprint density at radius 1 is 2.00 bits per heavy atom. The molecule has 0 rings (SSSR count).